The first-order valence-corrected chi connectivity index (χ1v) is 17.7. The van der Waals surface area contributed by atoms with Gasteiger partial charge >= 0.3 is 4.87 Å². The molecule has 2 saturated heterocycles. The second-order valence-electron chi connectivity index (χ2n) is 14.2. The van der Waals surface area contributed by atoms with Crippen molar-refractivity contribution in [2.75, 3.05) is 31.2 Å². The van der Waals surface area contributed by atoms with E-state index in [9.17, 15) is 23.6 Å². The number of hydrogen-bond acceptors (Lipinski definition) is 7. The lowest BCUT2D eigenvalue weighted by molar-refractivity contribution is -0.136. The molecule has 0 N–H and O–H groups in total. The van der Waals surface area contributed by atoms with Gasteiger partial charge in [0.05, 0.1) is 35.8 Å². The monoisotopic (exact) mass is 661 g/mol. The summed E-state index contributed by atoms with van der Waals surface area (Å²) in [6, 6.07) is 14.2. The number of thioether (sulfide) groups is 1. The zero-order valence-electron chi connectivity index (χ0n) is 26.0. The maximum atomic E-state index is 14.0. The summed E-state index contributed by atoms with van der Waals surface area (Å²) < 4.78 is 20.8. The van der Waals surface area contributed by atoms with Crippen molar-refractivity contribution in [3.63, 3.8) is 0 Å². The number of thiazole rings is 1. The van der Waals surface area contributed by atoms with Gasteiger partial charge in [0.25, 0.3) is 0 Å². The lowest BCUT2D eigenvalue weighted by Gasteiger charge is -2.43. The second kappa shape index (κ2) is 10.9. The summed E-state index contributed by atoms with van der Waals surface area (Å²) in [7, 11) is 0. The van der Waals surface area contributed by atoms with E-state index in [0.717, 1.165) is 21.9 Å². The first-order valence-electron chi connectivity index (χ1n) is 16.0. The number of amides is 3. The molecule has 11 heteroatoms. The summed E-state index contributed by atoms with van der Waals surface area (Å²) >= 11 is 2.84. The molecule has 46 heavy (non-hydrogen) atoms. The van der Waals surface area contributed by atoms with Crippen LogP contribution in [0.2, 0.25) is 0 Å². The van der Waals surface area contributed by atoms with Crippen LogP contribution in [0.5, 0.6) is 0 Å². The van der Waals surface area contributed by atoms with Gasteiger partial charge in [0.15, 0.2) is 0 Å². The summed E-state index contributed by atoms with van der Waals surface area (Å²) in [5, 5.41) is 0.828. The van der Waals surface area contributed by atoms with Crippen LogP contribution in [0.1, 0.15) is 49.1 Å². The van der Waals surface area contributed by atoms with Crippen molar-refractivity contribution in [3.8, 4) is 0 Å². The molecule has 0 spiro atoms. The third kappa shape index (κ3) is 4.56. The van der Waals surface area contributed by atoms with Crippen molar-refractivity contribution >= 4 is 46.5 Å². The molecule has 2 saturated carbocycles. The molecule has 3 aromatic rings. The van der Waals surface area contributed by atoms with Crippen LogP contribution in [-0.2, 0) is 31.1 Å². The highest BCUT2D eigenvalue weighted by Crippen LogP contribution is 2.69. The second-order valence-corrected chi connectivity index (χ2v) is 16.4. The zero-order chi connectivity index (χ0) is 32.1. The molecule has 3 amide bonds. The molecule has 4 fully saturated rings. The Morgan fingerprint density at radius 3 is 2.24 bits per heavy atom. The Hall–Kier alpha value is -3.28. The van der Waals surface area contributed by atoms with Gasteiger partial charge in [-0.25, -0.2) is 4.39 Å². The van der Waals surface area contributed by atoms with Gasteiger partial charge in [0, 0.05) is 29.1 Å². The molecule has 2 bridgehead atoms. The van der Waals surface area contributed by atoms with Crippen molar-refractivity contribution < 1.29 is 23.5 Å². The first-order chi connectivity index (χ1) is 22.0. The molecule has 8 rings (SSSR count). The Morgan fingerprint density at radius 2 is 1.59 bits per heavy atom. The van der Waals surface area contributed by atoms with Crippen LogP contribution in [0.4, 0.5) is 10.1 Å². The van der Waals surface area contributed by atoms with Crippen LogP contribution >= 0.6 is 23.1 Å². The molecule has 0 radical (unpaired) electrons. The molecule has 5 aliphatic rings. The standard InChI is InChI=1S/C35H36FN3O5S2/c1-35(2,3)19-6-4-18(5-7-19)25-26-22-16-23(28-27(22)31(41)39(32(28)42)21-10-8-20(36)9-11-21)29(26)45-33-30(25)46-34(43)38(33)17-24(40)37-12-14-44-15-13-37/h4-11,22-23,25-29H,12-17H2,1-3H3. The topological polar surface area (TPSA) is 88.9 Å². The van der Waals surface area contributed by atoms with E-state index in [0.29, 0.717) is 32.0 Å². The van der Waals surface area contributed by atoms with E-state index in [4.69, 9.17) is 4.74 Å². The summed E-state index contributed by atoms with van der Waals surface area (Å²) in [4.78, 5) is 58.8. The van der Waals surface area contributed by atoms with Crippen LogP contribution in [0.3, 0.4) is 0 Å². The fourth-order valence-corrected chi connectivity index (χ4v) is 11.9. The number of ether oxygens (including phenoxy) is 1. The average molecular weight is 662 g/mol. The van der Waals surface area contributed by atoms with Gasteiger partial charge in [-0.1, -0.05) is 56.4 Å². The van der Waals surface area contributed by atoms with Crippen molar-refractivity contribution in [3.05, 3.63) is 80.0 Å². The smallest absolute Gasteiger partial charge is 0.308 e. The predicted octanol–water partition coefficient (Wildman–Crippen LogP) is 4.88. The van der Waals surface area contributed by atoms with E-state index in [2.05, 4.69) is 45.0 Å². The molecule has 7 atom stereocenters. The van der Waals surface area contributed by atoms with Crippen LogP contribution < -0.4 is 9.77 Å². The number of halogens is 1. The van der Waals surface area contributed by atoms with Crippen molar-refractivity contribution in [1.29, 1.82) is 0 Å². The van der Waals surface area contributed by atoms with Crippen LogP contribution in [0.15, 0.2) is 58.4 Å². The normalized spacial score (nSPS) is 30.0. The predicted molar refractivity (Wildman–Crippen MR) is 174 cm³/mol. The van der Waals surface area contributed by atoms with E-state index in [1.165, 1.54) is 46.1 Å². The molecule has 8 nitrogen and oxygen atoms in total. The van der Waals surface area contributed by atoms with Crippen LogP contribution in [0, 0.1) is 35.4 Å². The third-order valence-corrected chi connectivity index (χ3v) is 13.6. The lowest BCUT2D eigenvalue weighted by atomic mass is 9.68. The SMILES string of the molecule is CC(C)(C)c1ccc(C2c3sc(=O)n(CC(=O)N4CCOCC4)c3SC3C4CC(C5C(=O)N(c6ccc(F)cc6)C(=O)C45)C23)cc1. The Bertz CT molecular complexity index is 1790. The Labute approximate surface area is 274 Å². The van der Waals surface area contributed by atoms with Gasteiger partial charge < -0.3 is 9.64 Å². The average Bonchev–Trinajstić information content (AvgIpc) is 3.76. The summed E-state index contributed by atoms with van der Waals surface area (Å²) in [6.45, 7) is 8.49. The van der Waals surface area contributed by atoms with E-state index in [1.807, 2.05) is 0 Å². The van der Waals surface area contributed by atoms with Gasteiger partial charge in [0.2, 0.25) is 17.7 Å². The van der Waals surface area contributed by atoms with E-state index >= 15 is 0 Å². The Morgan fingerprint density at radius 1 is 0.935 bits per heavy atom. The number of carbonyl (C=O) groups is 3. The highest BCUT2D eigenvalue weighted by molar-refractivity contribution is 8.00. The van der Waals surface area contributed by atoms with Gasteiger partial charge in [-0.15, -0.1) is 11.8 Å². The molecular weight excluding hydrogens is 626 g/mol. The molecule has 1 aromatic heterocycles. The highest BCUT2D eigenvalue weighted by Gasteiger charge is 2.69. The van der Waals surface area contributed by atoms with Crippen LogP contribution in [0.25, 0.3) is 0 Å². The third-order valence-electron chi connectivity index (χ3n) is 10.8. The fourth-order valence-electron chi connectivity index (χ4n) is 8.71. The zero-order valence-corrected chi connectivity index (χ0v) is 27.6. The number of morpholine rings is 1. The van der Waals surface area contributed by atoms with E-state index in [1.54, 1.807) is 21.2 Å². The number of nitrogens with zero attached hydrogens (tertiary/aromatic N) is 3. The minimum atomic E-state index is -0.449. The molecule has 3 aliphatic heterocycles. The maximum absolute atomic E-state index is 14.0. The summed E-state index contributed by atoms with van der Waals surface area (Å²) in [6.07, 6.45) is 0.773. The minimum absolute atomic E-state index is 0.00898. The minimum Gasteiger partial charge on any atom is -0.378 e. The number of anilines is 1. The largest absolute Gasteiger partial charge is 0.378 e. The molecule has 4 heterocycles. The summed E-state index contributed by atoms with van der Waals surface area (Å²) in [5.74, 6) is -1.98. The maximum Gasteiger partial charge on any atom is 0.308 e. The van der Waals surface area contributed by atoms with Crippen molar-refractivity contribution in [2.24, 2.45) is 29.6 Å². The molecular formula is C35H36FN3O5S2. The van der Waals surface area contributed by atoms with Crippen LogP contribution in [-0.4, -0.2) is 58.7 Å². The number of hydrogen-bond donors (Lipinski definition) is 0. The lowest BCUT2D eigenvalue weighted by Crippen LogP contribution is -2.44. The van der Waals surface area contributed by atoms with E-state index in [-0.39, 0.29) is 63.5 Å². The molecule has 240 valence electrons. The van der Waals surface area contributed by atoms with Gasteiger partial charge in [-0.3, -0.25) is 28.6 Å². The number of benzene rings is 2. The number of aromatic nitrogens is 1. The van der Waals surface area contributed by atoms with Gasteiger partial charge in [-0.05, 0) is 65.0 Å². The van der Waals surface area contributed by atoms with Gasteiger partial charge in [0.1, 0.15) is 12.4 Å². The fraction of sp³-hybridized carbons (Fsp3) is 0.486. The Balaban J connectivity index is 1.20. The summed E-state index contributed by atoms with van der Waals surface area (Å²) in [5.41, 5.74) is 2.68. The number of rotatable bonds is 4. The van der Waals surface area contributed by atoms with Gasteiger partial charge in [-0.2, -0.15) is 0 Å². The van der Waals surface area contributed by atoms with Crippen molar-refractivity contribution in [1.82, 2.24) is 9.47 Å². The molecule has 2 aliphatic carbocycles. The number of imide groups is 1. The Kier molecular flexibility index (Phi) is 7.12. The number of fused-ring (bicyclic) bond motifs is 9. The van der Waals surface area contributed by atoms with Crippen molar-refractivity contribution in [2.45, 2.75) is 55.3 Å². The highest BCUT2D eigenvalue weighted by atomic mass is 32.2. The van der Waals surface area contributed by atoms with E-state index < -0.39 is 17.7 Å². The first kappa shape index (κ1) is 30.1. The number of carbonyl (C=O) groups excluding carboxylic acids is 3. The molecule has 7 unspecified atom stereocenters. The quantitative estimate of drug-likeness (QED) is 0.371. The molecule has 2 aromatic carbocycles.